The van der Waals surface area contributed by atoms with Crippen LogP contribution < -0.4 is 15.4 Å². The van der Waals surface area contributed by atoms with Crippen molar-refractivity contribution in [3.05, 3.63) is 71.8 Å². The molecule has 0 aliphatic rings. The average molecular weight is 493 g/mol. The first kappa shape index (κ1) is 29.1. The molecule has 0 saturated heterocycles. The number of nitrogens with one attached hydrogen (secondary N) is 2. The molecule has 2 atom stereocenters. The number of benzene rings is 2. The molecule has 186 valence electrons. The fourth-order valence-electron chi connectivity index (χ4n) is 3.08. The van der Waals surface area contributed by atoms with E-state index in [2.05, 4.69) is 17.2 Å². The van der Waals surface area contributed by atoms with Gasteiger partial charge in [-0.05, 0) is 56.5 Å². The van der Waals surface area contributed by atoms with Crippen LogP contribution in [0.15, 0.2) is 55.1 Å². The SMILES string of the molecule is C=CCOc1ccc(C(NC(C)(C)P(=O)(O)OC)C(=O)Nc2c(C)cccc2C)cc1.O=CO. The molecule has 0 aliphatic heterocycles. The maximum atomic E-state index is 13.3. The van der Waals surface area contributed by atoms with Gasteiger partial charge in [-0.25, -0.2) is 0 Å². The van der Waals surface area contributed by atoms with Crippen molar-refractivity contribution in [1.29, 1.82) is 0 Å². The fourth-order valence-corrected chi connectivity index (χ4v) is 3.83. The van der Waals surface area contributed by atoms with Crippen molar-refractivity contribution in [3.8, 4) is 5.75 Å². The van der Waals surface area contributed by atoms with Crippen LogP contribution >= 0.6 is 7.60 Å². The van der Waals surface area contributed by atoms with Crippen molar-refractivity contribution in [2.24, 2.45) is 0 Å². The molecule has 2 aromatic rings. The van der Waals surface area contributed by atoms with E-state index in [1.165, 1.54) is 21.0 Å². The van der Waals surface area contributed by atoms with Crippen LogP contribution in [-0.4, -0.2) is 41.4 Å². The summed E-state index contributed by atoms with van der Waals surface area (Å²) in [4.78, 5) is 32.0. The number of amides is 1. The zero-order valence-corrected chi connectivity index (χ0v) is 21.0. The molecule has 0 heterocycles. The Labute approximate surface area is 200 Å². The lowest BCUT2D eigenvalue weighted by molar-refractivity contribution is -0.123. The van der Waals surface area contributed by atoms with Gasteiger partial charge in [0.15, 0.2) is 0 Å². The van der Waals surface area contributed by atoms with Crippen LogP contribution in [0, 0.1) is 13.8 Å². The zero-order chi connectivity index (χ0) is 25.9. The third-order valence-electron chi connectivity index (χ3n) is 5.02. The quantitative estimate of drug-likeness (QED) is 0.218. The van der Waals surface area contributed by atoms with Crippen LogP contribution in [0.4, 0.5) is 5.69 Å². The Balaban J connectivity index is 0.00000182. The molecule has 34 heavy (non-hydrogen) atoms. The Kier molecular flexibility index (Phi) is 11.2. The van der Waals surface area contributed by atoms with Gasteiger partial charge in [-0.15, -0.1) is 0 Å². The Morgan fingerprint density at radius 2 is 1.71 bits per heavy atom. The minimum atomic E-state index is -4.04. The molecule has 0 spiro atoms. The summed E-state index contributed by atoms with van der Waals surface area (Å²) in [5.41, 5.74) is 3.16. The molecule has 2 aromatic carbocycles. The van der Waals surface area contributed by atoms with E-state index >= 15 is 0 Å². The largest absolute Gasteiger partial charge is 0.490 e. The molecule has 1 amide bonds. The number of hydrogen-bond donors (Lipinski definition) is 4. The third-order valence-corrected chi connectivity index (χ3v) is 7.06. The number of para-hydroxylation sites is 1. The molecule has 0 saturated carbocycles. The number of hydrogen-bond acceptors (Lipinski definition) is 6. The molecule has 0 fully saturated rings. The average Bonchev–Trinajstić information content (AvgIpc) is 2.79. The number of carbonyl (C=O) groups excluding carboxylic acids is 1. The number of ether oxygens (including phenoxy) is 1. The van der Waals surface area contributed by atoms with Crippen molar-refractivity contribution >= 4 is 25.7 Å². The molecule has 10 heteroatoms. The Morgan fingerprint density at radius 1 is 1.18 bits per heavy atom. The van der Waals surface area contributed by atoms with Crippen molar-refractivity contribution in [1.82, 2.24) is 5.32 Å². The molecule has 2 unspecified atom stereocenters. The lowest BCUT2D eigenvalue weighted by Gasteiger charge is -2.33. The number of carboxylic acid groups (broad SMARTS) is 1. The summed E-state index contributed by atoms with van der Waals surface area (Å²) in [6.45, 7) is 10.6. The summed E-state index contributed by atoms with van der Waals surface area (Å²) < 4.78 is 22.9. The van der Waals surface area contributed by atoms with E-state index in [0.29, 0.717) is 23.6 Å². The van der Waals surface area contributed by atoms with Crippen molar-refractivity contribution in [2.75, 3.05) is 19.0 Å². The van der Waals surface area contributed by atoms with Crippen LogP contribution in [0.25, 0.3) is 0 Å². The van der Waals surface area contributed by atoms with Gasteiger partial charge in [0.25, 0.3) is 6.47 Å². The second-order valence-electron chi connectivity index (χ2n) is 7.87. The van der Waals surface area contributed by atoms with Crippen LogP contribution in [0.2, 0.25) is 0 Å². The summed E-state index contributed by atoms with van der Waals surface area (Å²) in [7, 11) is -2.87. The van der Waals surface area contributed by atoms with Gasteiger partial charge >= 0.3 is 7.60 Å². The first-order chi connectivity index (χ1) is 15.9. The van der Waals surface area contributed by atoms with Gasteiger partial charge in [0.1, 0.15) is 23.7 Å². The summed E-state index contributed by atoms with van der Waals surface area (Å²) >= 11 is 0. The highest BCUT2D eigenvalue weighted by Gasteiger charge is 2.43. The third kappa shape index (κ3) is 7.81. The Hall–Kier alpha value is -2.97. The maximum Gasteiger partial charge on any atom is 0.347 e. The van der Waals surface area contributed by atoms with Crippen LogP contribution in [-0.2, 0) is 18.7 Å². The monoisotopic (exact) mass is 492 g/mol. The topological polar surface area (TPSA) is 134 Å². The van der Waals surface area contributed by atoms with Gasteiger partial charge in [0.05, 0.1) is 0 Å². The first-order valence-corrected chi connectivity index (χ1v) is 12.0. The van der Waals surface area contributed by atoms with Gasteiger partial charge in [-0.3, -0.25) is 19.5 Å². The van der Waals surface area contributed by atoms with Crippen LogP contribution in [0.5, 0.6) is 5.75 Å². The van der Waals surface area contributed by atoms with E-state index in [-0.39, 0.29) is 12.4 Å². The Morgan fingerprint density at radius 3 is 2.18 bits per heavy atom. The second kappa shape index (κ2) is 13.1. The minimum absolute atomic E-state index is 0.250. The number of anilines is 1. The van der Waals surface area contributed by atoms with Crippen LogP contribution in [0.3, 0.4) is 0 Å². The Bertz CT molecular complexity index is 1000. The van der Waals surface area contributed by atoms with Crippen LogP contribution in [0.1, 0.15) is 36.6 Å². The lowest BCUT2D eigenvalue weighted by atomic mass is 10.0. The highest BCUT2D eigenvalue weighted by molar-refractivity contribution is 7.54. The standard InChI is InChI=1S/C23H31N2O5P.CH2O2/c1-7-15-30-19-13-11-18(12-14-19)21(25-23(4,5)31(27,28)29-6)22(26)24-20-16(2)9-8-10-17(20)3;2-1-3/h7-14,21,25H,1,15H2,2-6H3,(H,24,26)(H,27,28);1H,(H,2,3). The van der Waals surface area contributed by atoms with E-state index in [9.17, 15) is 14.3 Å². The number of aryl methyl sites for hydroxylation is 2. The predicted molar refractivity (Wildman–Crippen MR) is 132 cm³/mol. The molecule has 0 radical (unpaired) electrons. The summed E-state index contributed by atoms with van der Waals surface area (Å²) in [6.07, 6.45) is 1.64. The van der Waals surface area contributed by atoms with E-state index in [1.54, 1.807) is 30.3 Å². The van der Waals surface area contributed by atoms with Crippen molar-refractivity contribution < 1.29 is 33.4 Å². The van der Waals surface area contributed by atoms with E-state index < -0.39 is 18.9 Å². The summed E-state index contributed by atoms with van der Waals surface area (Å²) in [6, 6.07) is 11.8. The van der Waals surface area contributed by atoms with E-state index in [0.717, 1.165) is 11.1 Å². The van der Waals surface area contributed by atoms with Gasteiger partial charge < -0.3 is 24.6 Å². The van der Waals surface area contributed by atoms with Crippen molar-refractivity contribution in [3.63, 3.8) is 0 Å². The molecule has 4 N–H and O–H groups in total. The predicted octanol–water partition coefficient (Wildman–Crippen LogP) is 4.41. The minimum Gasteiger partial charge on any atom is -0.490 e. The molecular formula is C24H33N2O7P. The normalized spacial score (nSPS) is 13.5. The summed E-state index contributed by atoms with van der Waals surface area (Å²) in [5.74, 6) is 0.267. The first-order valence-electron chi connectivity index (χ1n) is 10.4. The van der Waals surface area contributed by atoms with E-state index in [1.807, 2.05) is 32.0 Å². The number of carbonyl (C=O) groups is 2. The molecular weight excluding hydrogens is 459 g/mol. The number of rotatable bonds is 10. The highest BCUT2D eigenvalue weighted by atomic mass is 31.2. The zero-order valence-electron chi connectivity index (χ0n) is 20.1. The molecule has 0 aliphatic carbocycles. The molecule has 9 nitrogen and oxygen atoms in total. The fraction of sp³-hybridized carbons (Fsp3) is 0.333. The van der Waals surface area contributed by atoms with Gasteiger partial charge in [-0.1, -0.05) is 43.0 Å². The lowest BCUT2D eigenvalue weighted by Crippen LogP contribution is -2.46. The van der Waals surface area contributed by atoms with E-state index in [4.69, 9.17) is 19.2 Å². The van der Waals surface area contributed by atoms with Crippen molar-refractivity contribution in [2.45, 2.75) is 39.0 Å². The van der Waals surface area contributed by atoms with Gasteiger partial charge in [0, 0.05) is 12.8 Å². The smallest absolute Gasteiger partial charge is 0.347 e. The summed E-state index contributed by atoms with van der Waals surface area (Å²) in [5, 5.41) is 11.5. The maximum absolute atomic E-state index is 13.3. The highest BCUT2D eigenvalue weighted by Crippen LogP contribution is 2.53. The van der Waals surface area contributed by atoms with Gasteiger partial charge in [-0.2, -0.15) is 0 Å². The second-order valence-corrected chi connectivity index (χ2v) is 10.4. The van der Waals surface area contributed by atoms with Gasteiger partial charge in [0.2, 0.25) is 5.91 Å². The molecule has 0 aromatic heterocycles. The molecule has 0 bridgehead atoms. The molecule has 2 rings (SSSR count).